The zero-order chi connectivity index (χ0) is 20.4. The molecular formula is C21H19FN2O4S. The molecule has 1 aliphatic heterocycles. The Morgan fingerprint density at radius 2 is 1.93 bits per heavy atom. The number of nitrogens with zero attached hydrogens (tertiary/aromatic N) is 1. The monoisotopic (exact) mass is 414 g/mol. The summed E-state index contributed by atoms with van der Waals surface area (Å²) in [6.45, 7) is 3.25. The number of nitrogens with one attached hydrogen (secondary N) is 1. The zero-order valence-electron chi connectivity index (χ0n) is 15.7. The van der Waals surface area contributed by atoms with Gasteiger partial charge in [-0.25, -0.2) is 4.39 Å². The number of amides is 1. The number of thiazole rings is 1. The molecule has 1 amide bonds. The minimum absolute atomic E-state index is 0.217. The summed E-state index contributed by atoms with van der Waals surface area (Å²) in [6.07, 6.45) is 0. The molecule has 0 spiro atoms. The Morgan fingerprint density at radius 3 is 2.72 bits per heavy atom. The van der Waals surface area contributed by atoms with E-state index in [4.69, 9.17) is 9.47 Å². The fraction of sp³-hybridized carbons (Fsp3) is 0.238. The summed E-state index contributed by atoms with van der Waals surface area (Å²) in [4.78, 5) is 25.1. The lowest BCUT2D eigenvalue weighted by Crippen LogP contribution is -2.23. The van der Waals surface area contributed by atoms with Gasteiger partial charge in [0.25, 0.3) is 5.91 Å². The van der Waals surface area contributed by atoms with Crippen LogP contribution in [0.15, 0.2) is 47.3 Å². The molecule has 0 unspecified atom stereocenters. The zero-order valence-corrected chi connectivity index (χ0v) is 16.6. The number of benzene rings is 2. The van der Waals surface area contributed by atoms with E-state index in [9.17, 15) is 14.0 Å². The molecule has 0 aliphatic carbocycles. The summed E-state index contributed by atoms with van der Waals surface area (Å²) >= 11 is 0.887. The van der Waals surface area contributed by atoms with E-state index in [0.29, 0.717) is 47.4 Å². The predicted molar refractivity (Wildman–Crippen MR) is 107 cm³/mol. The number of carbonyl (C=O) groups is 1. The summed E-state index contributed by atoms with van der Waals surface area (Å²) in [5, 5.41) is 2.84. The minimum Gasteiger partial charge on any atom is -0.486 e. The lowest BCUT2D eigenvalue weighted by molar-refractivity contribution is 0.0953. The van der Waals surface area contributed by atoms with Gasteiger partial charge >= 0.3 is 4.87 Å². The van der Waals surface area contributed by atoms with Crippen LogP contribution >= 0.6 is 11.3 Å². The Balaban J connectivity index is 1.47. The van der Waals surface area contributed by atoms with E-state index < -0.39 is 0 Å². The fourth-order valence-electron chi connectivity index (χ4n) is 3.15. The van der Waals surface area contributed by atoms with Crippen LogP contribution in [-0.4, -0.2) is 23.7 Å². The third kappa shape index (κ3) is 4.17. The van der Waals surface area contributed by atoms with E-state index in [2.05, 4.69) is 5.32 Å². The van der Waals surface area contributed by atoms with E-state index in [1.54, 1.807) is 19.1 Å². The number of rotatable bonds is 5. The van der Waals surface area contributed by atoms with Crippen molar-refractivity contribution in [3.8, 4) is 11.5 Å². The molecule has 1 N–H and O–H groups in total. The highest BCUT2D eigenvalue weighted by molar-refractivity contribution is 7.11. The number of ether oxygens (including phenoxy) is 2. The standard InChI is InChI=1S/C21H19FN2O4S/c1-13-19(29-21(26)24(13)12-15-3-2-4-16(22)9-15)20(25)23-11-14-5-6-17-18(10-14)28-8-7-27-17/h2-6,9-10H,7-8,11-12H2,1H3,(H,23,25). The van der Waals surface area contributed by atoms with Gasteiger partial charge in [0.05, 0.1) is 6.54 Å². The van der Waals surface area contributed by atoms with E-state index in [1.807, 2.05) is 18.2 Å². The first kappa shape index (κ1) is 19.2. The molecule has 0 saturated heterocycles. The first-order valence-corrected chi connectivity index (χ1v) is 9.94. The Morgan fingerprint density at radius 1 is 1.14 bits per heavy atom. The fourth-order valence-corrected chi connectivity index (χ4v) is 4.06. The first-order chi connectivity index (χ1) is 14.0. The molecule has 8 heteroatoms. The maximum absolute atomic E-state index is 13.4. The van der Waals surface area contributed by atoms with Crippen molar-refractivity contribution >= 4 is 17.2 Å². The van der Waals surface area contributed by atoms with Gasteiger partial charge in [-0.3, -0.25) is 14.2 Å². The van der Waals surface area contributed by atoms with Crippen molar-refractivity contribution in [2.45, 2.75) is 20.0 Å². The topological polar surface area (TPSA) is 69.6 Å². The van der Waals surface area contributed by atoms with Gasteiger partial charge in [0.15, 0.2) is 11.5 Å². The Hall–Kier alpha value is -3.13. The van der Waals surface area contributed by atoms with Crippen LogP contribution in [0, 0.1) is 12.7 Å². The van der Waals surface area contributed by atoms with Crippen molar-refractivity contribution < 1.29 is 18.7 Å². The van der Waals surface area contributed by atoms with Crippen LogP contribution in [0.4, 0.5) is 4.39 Å². The molecule has 1 aliphatic rings. The largest absolute Gasteiger partial charge is 0.486 e. The van der Waals surface area contributed by atoms with Crippen molar-refractivity contribution in [3.63, 3.8) is 0 Å². The van der Waals surface area contributed by atoms with Gasteiger partial charge in [0.1, 0.15) is 23.9 Å². The highest BCUT2D eigenvalue weighted by Gasteiger charge is 2.18. The lowest BCUT2D eigenvalue weighted by Gasteiger charge is -2.18. The van der Waals surface area contributed by atoms with Gasteiger partial charge in [-0.2, -0.15) is 0 Å². The molecule has 1 aromatic heterocycles. The number of fused-ring (bicyclic) bond motifs is 1. The number of hydrogen-bond acceptors (Lipinski definition) is 5. The second-order valence-corrected chi connectivity index (χ2v) is 7.62. The molecule has 6 nitrogen and oxygen atoms in total. The molecule has 3 aromatic rings. The molecule has 2 heterocycles. The van der Waals surface area contributed by atoms with Gasteiger partial charge in [-0.05, 0) is 42.3 Å². The average molecular weight is 414 g/mol. The summed E-state index contributed by atoms with van der Waals surface area (Å²) in [5.41, 5.74) is 2.09. The van der Waals surface area contributed by atoms with Crippen molar-refractivity contribution in [1.29, 1.82) is 0 Å². The van der Waals surface area contributed by atoms with E-state index in [1.165, 1.54) is 16.7 Å². The number of hydrogen-bond donors (Lipinski definition) is 1. The molecule has 0 atom stereocenters. The van der Waals surface area contributed by atoms with Crippen LogP contribution in [0.3, 0.4) is 0 Å². The van der Waals surface area contributed by atoms with Crippen LogP contribution < -0.4 is 19.7 Å². The van der Waals surface area contributed by atoms with Gasteiger partial charge in [0, 0.05) is 12.2 Å². The van der Waals surface area contributed by atoms with Gasteiger partial charge in [0.2, 0.25) is 0 Å². The number of carbonyl (C=O) groups excluding carboxylic acids is 1. The average Bonchev–Trinajstić information content (AvgIpc) is 3.00. The SMILES string of the molecule is Cc1c(C(=O)NCc2ccc3c(c2)OCCO3)sc(=O)n1Cc1cccc(F)c1. The van der Waals surface area contributed by atoms with Crippen LogP contribution in [0.2, 0.25) is 0 Å². The van der Waals surface area contributed by atoms with Crippen LogP contribution in [-0.2, 0) is 13.1 Å². The van der Waals surface area contributed by atoms with Crippen molar-refractivity contribution in [1.82, 2.24) is 9.88 Å². The first-order valence-electron chi connectivity index (χ1n) is 9.12. The smallest absolute Gasteiger partial charge is 0.308 e. The molecule has 2 aromatic carbocycles. The Bertz CT molecular complexity index is 1120. The molecule has 0 bridgehead atoms. The summed E-state index contributed by atoms with van der Waals surface area (Å²) in [6, 6.07) is 11.6. The van der Waals surface area contributed by atoms with Gasteiger partial charge in [-0.1, -0.05) is 29.5 Å². The molecule has 0 saturated carbocycles. The van der Waals surface area contributed by atoms with E-state index >= 15 is 0 Å². The molecule has 4 rings (SSSR count). The van der Waals surface area contributed by atoms with Crippen molar-refractivity contribution in [3.05, 3.63) is 79.6 Å². The third-order valence-electron chi connectivity index (χ3n) is 4.64. The van der Waals surface area contributed by atoms with E-state index in [0.717, 1.165) is 16.9 Å². The van der Waals surface area contributed by atoms with Crippen molar-refractivity contribution in [2.24, 2.45) is 0 Å². The quantitative estimate of drug-likeness (QED) is 0.697. The summed E-state index contributed by atoms with van der Waals surface area (Å²) in [5.74, 6) is 0.665. The highest BCUT2D eigenvalue weighted by Crippen LogP contribution is 2.30. The minimum atomic E-state index is -0.360. The second kappa shape index (κ2) is 8.08. The van der Waals surface area contributed by atoms with Crippen LogP contribution in [0.5, 0.6) is 11.5 Å². The Kier molecular flexibility index (Phi) is 5.35. The maximum atomic E-state index is 13.4. The highest BCUT2D eigenvalue weighted by atomic mass is 32.1. The van der Waals surface area contributed by atoms with Crippen LogP contribution in [0.1, 0.15) is 26.5 Å². The van der Waals surface area contributed by atoms with Crippen molar-refractivity contribution in [2.75, 3.05) is 13.2 Å². The molecule has 150 valence electrons. The summed E-state index contributed by atoms with van der Waals surface area (Å²) < 4.78 is 25.9. The molecule has 29 heavy (non-hydrogen) atoms. The number of halogens is 1. The van der Waals surface area contributed by atoms with Gasteiger partial charge < -0.3 is 14.8 Å². The lowest BCUT2D eigenvalue weighted by atomic mass is 10.2. The summed E-state index contributed by atoms with van der Waals surface area (Å²) in [7, 11) is 0. The second-order valence-electron chi connectivity index (χ2n) is 6.66. The molecular weight excluding hydrogens is 395 g/mol. The molecule has 0 radical (unpaired) electrons. The molecule has 0 fully saturated rings. The number of aromatic nitrogens is 1. The normalized spacial score (nSPS) is 12.6. The predicted octanol–water partition coefficient (Wildman–Crippen LogP) is 3.11. The maximum Gasteiger partial charge on any atom is 0.308 e. The third-order valence-corrected chi connectivity index (χ3v) is 5.72. The van der Waals surface area contributed by atoms with Crippen LogP contribution in [0.25, 0.3) is 0 Å². The Labute approximate surface area is 170 Å². The van der Waals surface area contributed by atoms with E-state index in [-0.39, 0.29) is 23.1 Å². The van der Waals surface area contributed by atoms with Gasteiger partial charge in [-0.15, -0.1) is 0 Å².